The maximum absolute atomic E-state index is 12.5. The summed E-state index contributed by atoms with van der Waals surface area (Å²) in [5.41, 5.74) is -0.688. The summed E-state index contributed by atoms with van der Waals surface area (Å²) in [4.78, 5) is 46.6. The standard InChI is InChI=1S/C18H31N3O6/c1-18(2,3)27-17(26)21-13(9-12-7-5-4-6-8-12)16(25)20-10-14(22)19-11-15(23)24/h12-13H,4-11H2,1-3H3,(H,19,22)(H,20,25)(H,21,26)(H,23,24)/t13-/m0/s1. The van der Waals surface area contributed by atoms with Crippen LogP contribution in [-0.4, -0.2) is 53.7 Å². The minimum Gasteiger partial charge on any atom is -0.480 e. The molecule has 0 aliphatic heterocycles. The summed E-state index contributed by atoms with van der Waals surface area (Å²) in [5, 5.41) is 15.7. The van der Waals surface area contributed by atoms with Crippen LogP contribution in [0.1, 0.15) is 59.3 Å². The van der Waals surface area contributed by atoms with E-state index in [0.717, 1.165) is 25.7 Å². The van der Waals surface area contributed by atoms with Crippen LogP contribution >= 0.6 is 0 Å². The fourth-order valence-corrected chi connectivity index (χ4v) is 2.96. The minimum atomic E-state index is -1.17. The van der Waals surface area contributed by atoms with E-state index >= 15 is 0 Å². The van der Waals surface area contributed by atoms with E-state index in [1.54, 1.807) is 20.8 Å². The predicted octanol–water partition coefficient (Wildman–Crippen LogP) is 1.17. The normalized spacial score (nSPS) is 16.1. The number of alkyl carbamates (subject to hydrolysis) is 1. The Balaban J connectivity index is 2.61. The van der Waals surface area contributed by atoms with Gasteiger partial charge in [0.2, 0.25) is 11.8 Å². The molecule has 0 saturated heterocycles. The summed E-state index contributed by atoms with van der Waals surface area (Å²) in [7, 11) is 0. The molecule has 0 heterocycles. The van der Waals surface area contributed by atoms with E-state index in [9.17, 15) is 19.2 Å². The molecular weight excluding hydrogens is 354 g/mol. The van der Waals surface area contributed by atoms with Crippen molar-refractivity contribution in [2.45, 2.75) is 70.9 Å². The van der Waals surface area contributed by atoms with Gasteiger partial charge in [0, 0.05) is 0 Å². The number of amides is 3. The molecule has 0 bridgehead atoms. The van der Waals surface area contributed by atoms with Gasteiger partial charge in [0.1, 0.15) is 18.2 Å². The zero-order chi connectivity index (χ0) is 20.4. The first-order chi connectivity index (χ1) is 12.6. The number of carbonyl (C=O) groups excluding carboxylic acids is 3. The number of hydrogen-bond acceptors (Lipinski definition) is 5. The van der Waals surface area contributed by atoms with Crippen LogP contribution in [-0.2, 0) is 19.1 Å². The third-order valence-electron chi connectivity index (χ3n) is 4.16. The summed E-state index contributed by atoms with van der Waals surface area (Å²) in [6.07, 6.45) is 5.16. The van der Waals surface area contributed by atoms with Crippen molar-refractivity contribution < 1.29 is 29.0 Å². The van der Waals surface area contributed by atoms with E-state index in [0.29, 0.717) is 12.3 Å². The van der Waals surface area contributed by atoms with Gasteiger partial charge < -0.3 is 25.8 Å². The summed E-state index contributed by atoms with van der Waals surface area (Å²) in [6, 6.07) is -0.810. The van der Waals surface area contributed by atoms with Gasteiger partial charge in [0.15, 0.2) is 0 Å². The minimum absolute atomic E-state index is 0.324. The molecule has 3 amide bonds. The maximum atomic E-state index is 12.5. The van der Waals surface area contributed by atoms with Crippen LogP contribution in [0, 0.1) is 5.92 Å². The molecule has 0 aromatic carbocycles. The highest BCUT2D eigenvalue weighted by molar-refractivity contribution is 5.90. The van der Waals surface area contributed by atoms with Crippen LogP contribution in [0.3, 0.4) is 0 Å². The second-order valence-electron chi connectivity index (χ2n) is 7.83. The number of carbonyl (C=O) groups is 4. The molecule has 1 aliphatic rings. The number of carboxylic acids is 1. The number of ether oxygens (including phenoxy) is 1. The van der Waals surface area contributed by atoms with Gasteiger partial charge in [0.25, 0.3) is 0 Å². The number of nitrogens with one attached hydrogen (secondary N) is 3. The first-order valence-corrected chi connectivity index (χ1v) is 9.32. The summed E-state index contributed by atoms with van der Waals surface area (Å²) in [6.45, 7) is 4.32. The zero-order valence-corrected chi connectivity index (χ0v) is 16.3. The van der Waals surface area contributed by atoms with E-state index in [-0.39, 0.29) is 6.54 Å². The monoisotopic (exact) mass is 385 g/mol. The van der Waals surface area contributed by atoms with E-state index in [1.807, 2.05) is 0 Å². The van der Waals surface area contributed by atoms with Crippen LogP contribution in [0.2, 0.25) is 0 Å². The molecule has 0 radical (unpaired) electrons. The van der Waals surface area contributed by atoms with Crippen LogP contribution in [0.4, 0.5) is 4.79 Å². The Labute approximate surface area is 159 Å². The fraction of sp³-hybridized carbons (Fsp3) is 0.778. The molecule has 1 fully saturated rings. The predicted molar refractivity (Wildman–Crippen MR) is 98.0 cm³/mol. The van der Waals surface area contributed by atoms with Crippen molar-refractivity contribution in [1.82, 2.24) is 16.0 Å². The van der Waals surface area contributed by atoms with Gasteiger partial charge in [-0.15, -0.1) is 0 Å². The lowest BCUT2D eigenvalue weighted by molar-refractivity contribution is -0.137. The molecule has 154 valence electrons. The Morgan fingerprint density at radius 1 is 1.04 bits per heavy atom. The van der Waals surface area contributed by atoms with Gasteiger partial charge in [0.05, 0.1) is 6.54 Å². The molecule has 4 N–H and O–H groups in total. The number of hydrogen-bond donors (Lipinski definition) is 4. The highest BCUT2D eigenvalue weighted by Gasteiger charge is 2.28. The van der Waals surface area contributed by atoms with Gasteiger partial charge in [-0.25, -0.2) is 4.79 Å². The first-order valence-electron chi connectivity index (χ1n) is 9.32. The second-order valence-corrected chi connectivity index (χ2v) is 7.83. The van der Waals surface area contributed by atoms with Crippen molar-refractivity contribution in [3.8, 4) is 0 Å². The van der Waals surface area contributed by atoms with Crippen molar-refractivity contribution in [3.63, 3.8) is 0 Å². The molecule has 27 heavy (non-hydrogen) atoms. The van der Waals surface area contributed by atoms with Gasteiger partial charge >= 0.3 is 12.1 Å². The van der Waals surface area contributed by atoms with E-state index in [1.165, 1.54) is 6.42 Å². The summed E-state index contributed by atoms with van der Waals surface area (Å²) >= 11 is 0. The molecule has 1 atom stereocenters. The number of aliphatic carboxylic acids is 1. The van der Waals surface area contributed by atoms with Crippen molar-refractivity contribution in [2.75, 3.05) is 13.1 Å². The Hall–Kier alpha value is -2.32. The Kier molecular flexibility index (Phi) is 9.04. The molecule has 1 rings (SSSR count). The molecule has 0 aromatic heterocycles. The topological polar surface area (TPSA) is 134 Å². The largest absolute Gasteiger partial charge is 0.480 e. The molecule has 0 unspecified atom stereocenters. The van der Waals surface area contributed by atoms with Crippen LogP contribution in [0.15, 0.2) is 0 Å². The highest BCUT2D eigenvalue weighted by atomic mass is 16.6. The SMILES string of the molecule is CC(C)(C)OC(=O)N[C@@H](CC1CCCCC1)C(=O)NCC(=O)NCC(=O)O. The third-order valence-corrected chi connectivity index (χ3v) is 4.16. The molecule has 1 saturated carbocycles. The lowest BCUT2D eigenvalue weighted by atomic mass is 9.84. The molecule has 9 nitrogen and oxygen atoms in total. The van der Waals surface area contributed by atoms with Crippen molar-refractivity contribution in [3.05, 3.63) is 0 Å². The first kappa shape index (κ1) is 22.7. The van der Waals surface area contributed by atoms with Gasteiger partial charge in [-0.1, -0.05) is 32.1 Å². The molecule has 0 spiro atoms. The van der Waals surface area contributed by atoms with Crippen molar-refractivity contribution in [1.29, 1.82) is 0 Å². The van der Waals surface area contributed by atoms with E-state index in [4.69, 9.17) is 9.84 Å². The van der Waals surface area contributed by atoms with Crippen molar-refractivity contribution in [2.24, 2.45) is 5.92 Å². The fourth-order valence-electron chi connectivity index (χ4n) is 2.96. The Bertz CT molecular complexity index is 538. The number of carboxylic acid groups (broad SMARTS) is 1. The average molecular weight is 385 g/mol. The smallest absolute Gasteiger partial charge is 0.408 e. The second kappa shape index (κ2) is 10.7. The lowest BCUT2D eigenvalue weighted by Gasteiger charge is -2.27. The van der Waals surface area contributed by atoms with E-state index < -0.39 is 42.1 Å². The van der Waals surface area contributed by atoms with Gasteiger partial charge in [-0.05, 0) is 33.1 Å². The Morgan fingerprint density at radius 2 is 1.67 bits per heavy atom. The molecule has 1 aliphatic carbocycles. The number of rotatable bonds is 8. The molecule has 9 heteroatoms. The highest BCUT2D eigenvalue weighted by Crippen LogP contribution is 2.27. The Morgan fingerprint density at radius 3 is 2.22 bits per heavy atom. The quantitative estimate of drug-likeness (QED) is 0.495. The maximum Gasteiger partial charge on any atom is 0.408 e. The van der Waals surface area contributed by atoms with Crippen LogP contribution in [0.5, 0.6) is 0 Å². The lowest BCUT2D eigenvalue weighted by Crippen LogP contribution is -2.51. The summed E-state index contributed by atoms with van der Waals surface area (Å²) < 4.78 is 5.22. The third kappa shape index (κ3) is 10.4. The zero-order valence-electron chi connectivity index (χ0n) is 16.3. The molecule has 0 aromatic rings. The van der Waals surface area contributed by atoms with Crippen LogP contribution in [0.25, 0.3) is 0 Å². The van der Waals surface area contributed by atoms with Crippen LogP contribution < -0.4 is 16.0 Å². The average Bonchev–Trinajstić information content (AvgIpc) is 2.56. The summed E-state index contributed by atoms with van der Waals surface area (Å²) in [5.74, 6) is -1.95. The van der Waals surface area contributed by atoms with E-state index in [2.05, 4.69) is 16.0 Å². The van der Waals surface area contributed by atoms with Gasteiger partial charge in [-0.2, -0.15) is 0 Å². The van der Waals surface area contributed by atoms with Crippen molar-refractivity contribution >= 4 is 23.9 Å². The van der Waals surface area contributed by atoms with Gasteiger partial charge in [-0.3, -0.25) is 14.4 Å². The molecular formula is C18H31N3O6.